The Balaban J connectivity index is 2.18. The molecule has 1 aliphatic carbocycles. The van der Waals surface area contributed by atoms with Gasteiger partial charge in [-0.1, -0.05) is 0 Å². The van der Waals surface area contributed by atoms with E-state index in [1.54, 1.807) is 0 Å². The van der Waals surface area contributed by atoms with Crippen molar-refractivity contribution in [2.75, 3.05) is 0 Å². The van der Waals surface area contributed by atoms with Crippen LogP contribution in [0.25, 0.3) is 0 Å². The molecular weight excluding hydrogens is 143 g/mol. The maximum Gasteiger partial charge on any atom is 0.111 e. The molecule has 1 saturated carbocycles. The Morgan fingerprint density at radius 3 is 2.91 bits per heavy atom. The van der Waals surface area contributed by atoms with Gasteiger partial charge in [-0.25, -0.2) is 0 Å². The van der Waals surface area contributed by atoms with E-state index in [-0.39, 0.29) is 0 Å². The summed E-state index contributed by atoms with van der Waals surface area (Å²) in [7, 11) is 5.48. The third-order valence-corrected chi connectivity index (χ3v) is 2.63. The highest BCUT2D eigenvalue weighted by Gasteiger charge is 2.53. The van der Waals surface area contributed by atoms with Crippen LogP contribution in [0.5, 0.6) is 0 Å². The minimum atomic E-state index is -0.848. The summed E-state index contributed by atoms with van der Waals surface area (Å²) in [6.07, 6.45) is 0.695. The van der Waals surface area contributed by atoms with Crippen LogP contribution in [0, 0.1) is 0 Å². The highest BCUT2D eigenvalue weighted by atomic mass is 16.5. The van der Waals surface area contributed by atoms with Gasteiger partial charge in [0.15, 0.2) is 0 Å². The second kappa shape index (κ2) is 2.22. The number of aliphatic hydroxyl groups excluding tert-OH is 1. The van der Waals surface area contributed by atoms with Gasteiger partial charge in [0.05, 0.1) is 11.7 Å². The third kappa shape index (κ3) is 1.01. The first-order valence-electron chi connectivity index (χ1n) is 3.93. The summed E-state index contributed by atoms with van der Waals surface area (Å²) in [5.74, 6) is 0. The van der Waals surface area contributed by atoms with Gasteiger partial charge in [-0.15, -0.1) is 0 Å². The molecule has 1 aliphatic heterocycles. The van der Waals surface area contributed by atoms with Gasteiger partial charge in [-0.3, -0.25) is 0 Å². The average molecular weight is 154 g/mol. The molecule has 2 rings (SSSR count). The van der Waals surface area contributed by atoms with Gasteiger partial charge in [0.2, 0.25) is 0 Å². The number of ether oxygens (including phenoxy) is 1. The molecule has 60 valence electrons. The number of hydrogen-bond donors (Lipinski definition) is 2. The van der Waals surface area contributed by atoms with Crippen LogP contribution in [0.3, 0.4) is 0 Å². The van der Waals surface area contributed by atoms with Crippen molar-refractivity contribution in [3.05, 3.63) is 0 Å². The third-order valence-electron chi connectivity index (χ3n) is 2.63. The fourth-order valence-electron chi connectivity index (χ4n) is 2.07. The predicted octanol–water partition coefficient (Wildman–Crippen LogP) is -0.844. The quantitative estimate of drug-likeness (QED) is 0.447. The zero-order valence-corrected chi connectivity index (χ0v) is 6.23. The van der Waals surface area contributed by atoms with E-state index in [0.29, 0.717) is 19.3 Å². The zero-order chi connectivity index (χ0) is 8.06. The molecular formula is C7H11BO3. The molecule has 0 amide bonds. The fraction of sp³-hybridized carbons (Fsp3) is 1.00. The van der Waals surface area contributed by atoms with Gasteiger partial charge in [-0.05, 0) is 19.3 Å². The first-order chi connectivity index (χ1) is 5.12. The van der Waals surface area contributed by atoms with E-state index in [1.165, 1.54) is 0 Å². The summed E-state index contributed by atoms with van der Waals surface area (Å²) in [6.45, 7) is 0. The van der Waals surface area contributed by atoms with Crippen LogP contribution in [-0.2, 0) is 4.74 Å². The summed E-state index contributed by atoms with van der Waals surface area (Å²) < 4.78 is 5.18. The normalized spacial score (nSPS) is 56.4. The molecule has 2 fully saturated rings. The molecule has 0 spiro atoms. The monoisotopic (exact) mass is 154 g/mol. The molecule has 11 heavy (non-hydrogen) atoms. The van der Waals surface area contributed by atoms with Crippen molar-refractivity contribution in [1.82, 2.24) is 0 Å². The van der Waals surface area contributed by atoms with Gasteiger partial charge in [0.1, 0.15) is 14.0 Å². The standard InChI is InChI=1S/C7H11BO3/c8-5-3-7(10)2-1-4(9)6(7)11-5/h4-6,9-10H,1-3H2/t4-,5-,6-,7-/m1/s1. The van der Waals surface area contributed by atoms with Gasteiger partial charge < -0.3 is 14.9 Å². The Hall–Kier alpha value is -0.0551. The van der Waals surface area contributed by atoms with Crippen molar-refractivity contribution >= 4 is 7.85 Å². The van der Waals surface area contributed by atoms with Crippen LogP contribution in [0.15, 0.2) is 0 Å². The minimum absolute atomic E-state index is 0.403. The van der Waals surface area contributed by atoms with E-state index in [9.17, 15) is 10.2 Å². The van der Waals surface area contributed by atoms with Crippen LogP contribution in [0.1, 0.15) is 19.3 Å². The first-order valence-corrected chi connectivity index (χ1v) is 3.93. The van der Waals surface area contributed by atoms with E-state index < -0.39 is 23.8 Å². The lowest BCUT2D eigenvalue weighted by Gasteiger charge is -2.20. The average Bonchev–Trinajstić information content (AvgIpc) is 2.32. The molecule has 2 radical (unpaired) electrons. The van der Waals surface area contributed by atoms with Crippen LogP contribution >= 0.6 is 0 Å². The summed E-state index contributed by atoms with van der Waals surface area (Å²) in [4.78, 5) is 0. The maximum absolute atomic E-state index is 9.81. The number of fused-ring (bicyclic) bond motifs is 1. The Kier molecular flexibility index (Phi) is 1.53. The van der Waals surface area contributed by atoms with Crippen LogP contribution in [0.2, 0.25) is 0 Å². The molecule has 2 N–H and O–H groups in total. The smallest absolute Gasteiger partial charge is 0.111 e. The van der Waals surface area contributed by atoms with Crippen LogP contribution in [-0.4, -0.2) is 41.9 Å². The van der Waals surface area contributed by atoms with Crippen molar-refractivity contribution in [2.45, 2.75) is 43.1 Å². The molecule has 4 heteroatoms. The summed E-state index contributed by atoms with van der Waals surface area (Å²) in [6, 6.07) is -0.403. The zero-order valence-electron chi connectivity index (χ0n) is 6.23. The topological polar surface area (TPSA) is 49.7 Å². The van der Waals surface area contributed by atoms with Crippen LogP contribution < -0.4 is 0 Å². The van der Waals surface area contributed by atoms with Crippen molar-refractivity contribution in [1.29, 1.82) is 0 Å². The van der Waals surface area contributed by atoms with Gasteiger partial charge in [-0.2, -0.15) is 0 Å². The van der Waals surface area contributed by atoms with Crippen molar-refractivity contribution in [3.8, 4) is 0 Å². The SMILES string of the molecule is [B][C@H]1C[C@]2(O)CC[C@@H](O)[C@H]2O1. The second-order valence-corrected chi connectivity index (χ2v) is 3.51. The molecule has 0 bridgehead atoms. The molecule has 0 unspecified atom stereocenters. The summed E-state index contributed by atoms with van der Waals surface area (Å²) in [5.41, 5.74) is -0.848. The number of hydrogen-bond acceptors (Lipinski definition) is 3. The van der Waals surface area contributed by atoms with E-state index in [2.05, 4.69) is 0 Å². The van der Waals surface area contributed by atoms with Gasteiger partial charge in [0, 0.05) is 6.00 Å². The number of aliphatic hydroxyl groups is 2. The molecule has 4 atom stereocenters. The molecule has 1 heterocycles. The fourth-order valence-corrected chi connectivity index (χ4v) is 2.07. The Bertz CT molecular complexity index is 175. The van der Waals surface area contributed by atoms with Crippen molar-refractivity contribution in [3.63, 3.8) is 0 Å². The second-order valence-electron chi connectivity index (χ2n) is 3.51. The Morgan fingerprint density at radius 2 is 2.27 bits per heavy atom. The predicted molar refractivity (Wildman–Crippen MR) is 39.2 cm³/mol. The molecule has 3 nitrogen and oxygen atoms in total. The van der Waals surface area contributed by atoms with E-state index in [4.69, 9.17) is 12.6 Å². The molecule has 1 saturated heterocycles. The lowest BCUT2D eigenvalue weighted by molar-refractivity contribution is -0.0615. The van der Waals surface area contributed by atoms with Crippen LogP contribution in [0.4, 0.5) is 0 Å². The Morgan fingerprint density at radius 1 is 1.55 bits per heavy atom. The summed E-state index contributed by atoms with van der Waals surface area (Å²) >= 11 is 0. The van der Waals surface area contributed by atoms with E-state index >= 15 is 0 Å². The molecule has 0 aromatic heterocycles. The maximum atomic E-state index is 9.81. The highest BCUT2D eigenvalue weighted by molar-refractivity contribution is 6.11. The summed E-state index contributed by atoms with van der Waals surface area (Å²) in [5, 5.41) is 19.1. The van der Waals surface area contributed by atoms with E-state index in [0.717, 1.165) is 0 Å². The van der Waals surface area contributed by atoms with Gasteiger partial charge >= 0.3 is 0 Å². The van der Waals surface area contributed by atoms with Gasteiger partial charge in [0.25, 0.3) is 0 Å². The molecule has 0 aromatic rings. The highest BCUT2D eigenvalue weighted by Crippen LogP contribution is 2.41. The minimum Gasteiger partial charge on any atom is -0.390 e. The molecule has 0 aromatic carbocycles. The Labute approximate surface area is 66.8 Å². The number of rotatable bonds is 0. The lowest BCUT2D eigenvalue weighted by Crippen LogP contribution is -2.37. The van der Waals surface area contributed by atoms with Crippen molar-refractivity contribution in [2.24, 2.45) is 0 Å². The van der Waals surface area contributed by atoms with Crippen molar-refractivity contribution < 1.29 is 14.9 Å². The first kappa shape index (κ1) is 7.59. The largest absolute Gasteiger partial charge is 0.390 e. The lowest BCUT2D eigenvalue weighted by atomic mass is 9.88. The van der Waals surface area contributed by atoms with E-state index in [1.807, 2.05) is 0 Å². The molecule has 2 aliphatic rings.